The summed E-state index contributed by atoms with van der Waals surface area (Å²) in [6.07, 6.45) is 8.15. The van der Waals surface area contributed by atoms with Crippen LogP contribution in [0.3, 0.4) is 0 Å². The second kappa shape index (κ2) is 20.2. The van der Waals surface area contributed by atoms with E-state index < -0.39 is 0 Å². The largest absolute Gasteiger partial charge is 0.493 e. The van der Waals surface area contributed by atoms with E-state index in [9.17, 15) is 19.2 Å². The maximum Gasteiger partial charge on any atom is 0.261 e. The second-order valence-corrected chi connectivity index (χ2v) is 20.2. The number of aryl methyl sites for hydroxylation is 1. The van der Waals surface area contributed by atoms with Gasteiger partial charge in [0.2, 0.25) is 5.91 Å². The third-order valence-corrected chi connectivity index (χ3v) is 15.5. The van der Waals surface area contributed by atoms with Crippen LogP contribution >= 0.6 is 21.6 Å². The number of amides is 3. The van der Waals surface area contributed by atoms with Gasteiger partial charge in [-0.05, 0) is 90.0 Å². The molecule has 3 atom stereocenters. The van der Waals surface area contributed by atoms with Gasteiger partial charge in [-0.1, -0.05) is 71.8 Å². The van der Waals surface area contributed by atoms with E-state index in [-0.39, 0.29) is 48.8 Å². The van der Waals surface area contributed by atoms with Gasteiger partial charge in [-0.3, -0.25) is 39.0 Å². The van der Waals surface area contributed by atoms with Gasteiger partial charge in [-0.25, -0.2) is 0 Å². The number of ether oxygens (including phenoxy) is 3. The summed E-state index contributed by atoms with van der Waals surface area (Å²) in [5.41, 5.74) is 8.97. The fourth-order valence-electron chi connectivity index (χ4n) is 8.98. The number of Topliss-reactive ketones (excluding diaryl/α,β-unsaturated/α-hetero) is 1. The molecular weight excluding hydrogens is 883 g/mol. The lowest BCUT2D eigenvalue weighted by Crippen LogP contribution is -2.37. The van der Waals surface area contributed by atoms with Crippen LogP contribution in [0.25, 0.3) is 0 Å². The molecule has 1 unspecified atom stereocenters. The van der Waals surface area contributed by atoms with Crippen LogP contribution in [0.1, 0.15) is 94.5 Å². The molecule has 5 aromatic rings. The van der Waals surface area contributed by atoms with Crippen LogP contribution in [0.5, 0.6) is 17.2 Å². The van der Waals surface area contributed by atoms with Gasteiger partial charge in [0, 0.05) is 84.7 Å². The number of nitrogens with zero attached hydrogens (tertiary/aromatic N) is 4. The predicted octanol–water partition coefficient (Wildman–Crippen LogP) is 11.0. The van der Waals surface area contributed by atoms with Crippen molar-refractivity contribution in [3.05, 3.63) is 130 Å². The Hall–Kier alpha value is -6.38. The zero-order valence-corrected chi connectivity index (χ0v) is 39.7. The van der Waals surface area contributed by atoms with E-state index in [0.717, 1.165) is 51.4 Å². The van der Waals surface area contributed by atoms with E-state index in [1.165, 1.54) is 0 Å². The fraction of sp³-hybridized carbons (Fsp3) is 0.321. The quantitative estimate of drug-likeness (QED) is 0.0672. The molecule has 0 saturated carbocycles. The van der Waals surface area contributed by atoms with Gasteiger partial charge < -0.3 is 19.5 Å². The maximum atomic E-state index is 14.0. The number of nitrogens with one attached hydrogen (secondary N) is 1. The number of hydrogen-bond donors (Lipinski definition) is 1. The molecule has 9 rings (SSSR count). The van der Waals surface area contributed by atoms with E-state index >= 15 is 0 Å². The number of aliphatic imine (C=N–C) groups is 2. The molecule has 0 aromatic heterocycles. The smallest absolute Gasteiger partial charge is 0.261 e. The molecule has 0 radical (unpaired) electrons. The van der Waals surface area contributed by atoms with Crippen molar-refractivity contribution in [3.8, 4) is 17.2 Å². The van der Waals surface area contributed by atoms with Gasteiger partial charge in [0.25, 0.3) is 11.8 Å². The maximum absolute atomic E-state index is 14.0. The Balaban J connectivity index is 0.914. The lowest BCUT2D eigenvalue weighted by molar-refractivity contribution is -0.119. The summed E-state index contributed by atoms with van der Waals surface area (Å²) in [7, 11) is 5.04. The van der Waals surface area contributed by atoms with Gasteiger partial charge in [-0.2, -0.15) is 0 Å². The van der Waals surface area contributed by atoms with Gasteiger partial charge >= 0.3 is 0 Å². The number of hydrogen-bond acceptors (Lipinski definition) is 11. The average Bonchev–Trinajstić information content (AvgIpc) is 3.83. The SMILES string of the molecule is CCC(=O)CCC(C)SSCCCC(=O)Nc1cc(COc2cc3c(cc2C)C(=O)N2c4ccccc4C[C@H]2C=N3)cc(COc2cc3c(cc2OC)C(=O)N2c4ccccc4C[C@H]2C=N3)c1. The van der Waals surface area contributed by atoms with E-state index in [1.807, 2.05) is 104 Å². The molecule has 4 heterocycles. The minimum Gasteiger partial charge on any atom is -0.493 e. The fourth-order valence-corrected chi connectivity index (χ4v) is 11.4. The van der Waals surface area contributed by atoms with Gasteiger partial charge in [0.1, 0.15) is 24.7 Å². The Bertz CT molecular complexity index is 2810. The van der Waals surface area contributed by atoms with E-state index in [0.29, 0.717) is 89.2 Å². The summed E-state index contributed by atoms with van der Waals surface area (Å²) in [5.74, 6) is 2.15. The van der Waals surface area contributed by atoms with Crippen molar-refractivity contribution in [2.24, 2.45) is 9.98 Å². The number of carbonyl (C=O) groups excluding carboxylic acids is 4. The highest BCUT2D eigenvalue weighted by atomic mass is 33.1. The summed E-state index contributed by atoms with van der Waals surface area (Å²) < 4.78 is 18.7. The lowest BCUT2D eigenvalue weighted by Gasteiger charge is -2.22. The molecule has 4 aliphatic heterocycles. The third-order valence-electron chi connectivity index (χ3n) is 12.5. The van der Waals surface area contributed by atoms with E-state index in [2.05, 4.69) is 18.3 Å². The molecule has 67 heavy (non-hydrogen) atoms. The number of benzene rings is 5. The van der Waals surface area contributed by atoms with E-state index in [4.69, 9.17) is 24.2 Å². The Morgan fingerprint density at radius 1 is 0.761 bits per heavy atom. The second-order valence-electron chi connectivity index (χ2n) is 17.3. The molecule has 4 aliphatic rings. The van der Waals surface area contributed by atoms with E-state index in [1.54, 1.807) is 45.7 Å². The first-order valence-electron chi connectivity index (χ1n) is 22.8. The average molecular weight is 936 g/mol. The standard InChI is InChI=1S/C53H53N5O7S2/c1-5-41(59)17-16-33(3)67-66-18-10-15-51(60)56-38-21-34(30-64-48-26-44-42(19-32(48)2)52(61)57-39(28-54-44)23-36-11-6-8-13-46(36)57)20-35(22-38)31-65-50-27-45-43(25-49(50)63-4)53(62)58-40(29-55-45)24-37-12-7-9-14-47(37)58/h6-9,11-14,19-22,25-29,33,39-40H,5,10,15-18,23-24,30-31H2,1-4H3,(H,56,60)/t33?,39-,40-/m0/s1. The zero-order chi connectivity index (χ0) is 46.6. The highest BCUT2D eigenvalue weighted by Crippen LogP contribution is 2.42. The predicted molar refractivity (Wildman–Crippen MR) is 269 cm³/mol. The van der Waals surface area contributed by atoms with Crippen molar-refractivity contribution in [3.63, 3.8) is 0 Å². The Morgan fingerprint density at radius 2 is 1.34 bits per heavy atom. The van der Waals surface area contributed by atoms with Crippen molar-refractivity contribution < 1.29 is 33.4 Å². The topological polar surface area (TPSA) is 139 Å². The summed E-state index contributed by atoms with van der Waals surface area (Å²) in [5, 5.41) is 3.46. The van der Waals surface area contributed by atoms with Gasteiger partial charge in [0.15, 0.2) is 11.5 Å². The highest BCUT2D eigenvalue weighted by Gasteiger charge is 2.38. The first-order valence-corrected chi connectivity index (χ1v) is 25.2. The van der Waals surface area contributed by atoms with Gasteiger partial charge in [0.05, 0.1) is 41.7 Å². The van der Waals surface area contributed by atoms with Crippen LogP contribution in [0.15, 0.2) is 101 Å². The lowest BCUT2D eigenvalue weighted by atomic mass is 10.1. The molecule has 5 aromatic carbocycles. The van der Waals surface area contributed by atoms with Crippen LogP contribution in [-0.2, 0) is 35.6 Å². The van der Waals surface area contributed by atoms with Crippen LogP contribution < -0.4 is 29.3 Å². The molecule has 1 N–H and O–H groups in total. The molecule has 0 aliphatic carbocycles. The Labute approximate surface area is 399 Å². The monoisotopic (exact) mass is 935 g/mol. The summed E-state index contributed by atoms with van der Waals surface area (Å²) >= 11 is 0. The first-order chi connectivity index (χ1) is 32.6. The minimum absolute atomic E-state index is 0.0900. The third kappa shape index (κ3) is 10.0. The molecule has 12 nitrogen and oxygen atoms in total. The highest BCUT2D eigenvalue weighted by molar-refractivity contribution is 8.76. The molecule has 0 saturated heterocycles. The molecular formula is C53H53N5O7S2. The van der Waals surface area contributed by atoms with Crippen LogP contribution in [0, 0.1) is 6.92 Å². The van der Waals surface area contributed by atoms with Crippen molar-refractivity contribution >= 4 is 86.0 Å². The molecule has 0 spiro atoms. The summed E-state index contributed by atoms with van der Waals surface area (Å²) in [6.45, 7) is 6.22. The van der Waals surface area contributed by atoms with Gasteiger partial charge in [-0.15, -0.1) is 0 Å². The van der Waals surface area contributed by atoms with Crippen LogP contribution in [-0.4, -0.2) is 66.1 Å². The number of methoxy groups -OCH3 is 1. The normalized spacial score (nSPS) is 16.8. The van der Waals surface area contributed by atoms with Crippen LogP contribution in [0.4, 0.5) is 28.4 Å². The number of para-hydroxylation sites is 2. The van der Waals surface area contributed by atoms with Crippen LogP contribution in [0.2, 0.25) is 0 Å². The molecule has 3 amide bonds. The summed E-state index contributed by atoms with van der Waals surface area (Å²) in [4.78, 5) is 66.3. The number of fused-ring (bicyclic) bond motifs is 8. The first kappa shape index (κ1) is 45.8. The Morgan fingerprint density at radius 3 is 1.96 bits per heavy atom. The molecule has 344 valence electrons. The number of rotatable bonds is 18. The van der Waals surface area contributed by atoms with Crippen molar-refractivity contribution in [2.75, 3.05) is 28.0 Å². The number of ketones is 1. The number of anilines is 3. The molecule has 0 bridgehead atoms. The number of carbonyl (C=O) groups is 4. The van der Waals surface area contributed by atoms with Crippen molar-refractivity contribution in [1.82, 2.24) is 0 Å². The zero-order valence-electron chi connectivity index (χ0n) is 38.1. The van der Waals surface area contributed by atoms with Crippen molar-refractivity contribution in [1.29, 1.82) is 0 Å². The molecule has 14 heteroatoms. The minimum atomic E-state index is -0.193. The molecule has 0 fully saturated rings. The summed E-state index contributed by atoms with van der Waals surface area (Å²) in [6, 6.07) is 28.4. The Kier molecular flexibility index (Phi) is 13.8. The van der Waals surface area contributed by atoms with Crippen molar-refractivity contribution in [2.45, 2.75) is 96.3 Å².